The lowest BCUT2D eigenvalue weighted by Crippen LogP contribution is -2.48. The summed E-state index contributed by atoms with van der Waals surface area (Å²) in [6, 6.07) is 12.8. The van der Waals surface area contributed by atoms with Gasteiger partial charge in [-0.25, -0.2) is 4.99 Å². The number of aromatic hydroxyl groups is 1. The molecule has 0 bridgehead atoms. The van der Waals surface area contributed by atoms with Crippen molar-refractivity contribution in [3.8, 4) is 5.88 Å². The summed E-state index contributed by atoms with van der Waals surface area (Å²) in [6.07, 6.45) is 0. The maximum atomic E-state index is 12.5. The Labute approximate surface area is 189 Å². The van der Waals surface area contributed by atoms with Gasteiger partial charge in [-0.05, 0) is 31.3 Å². The van der Waals surface area contributed by atoms with E-state index in [2.05, 4.69) is 15.0 Å². The third-order valence-corrected chi connectivity index (χ3v) is 6.03. The van der Waals surface area contributed by atoms with Crippen LogP contribution in [0.1, 0.15) is 11.1 Å². The molecule has 1 saturated heterocycles. The van der Waals surface area contributed by atoms with Gasteiger partial charge in [-0.2, -0.15) is 0 Å². The minimum atomic E-state index is -0.158. The number of hydrogen-bond donors (Lipinski definition) is 2. The van der Waals surface area contributed by atoms with Crippen molar-refractivity contribution < 1.29 is 14.7 Å². The van der Waals surface area contributed by atoms with E-state index >= 15 is 0 Å². The van der Waals surface area contributed by atoms with E-state index in [9.17, 15) is 9.90 Å². The van der Waals surface area contributed by atoms with Crippen LogP contribution in [0.3, 0.4) is 0 Å². The van der Waals surface area contributed by atoms with Crippen LogP contribution in [0.5, 0.6) is 5.88 Å². The van der Waals surface area contributed by atoms with Crippen molar-refractivity contribution in [3.05, 3.63) is 58.6 Å². The Morgan fingerprint density at radius 1 is 1.22 bits per heavy atom. The number of piperazine rings is 1. The van der Waals surface area contributed by atoms with E-state index in [-0.39, 0.29) is 18.4 Å². The number of rotatable bonds is 4. The SMILES string of the molecule is CN1CCN(C(=O)CO/N=C2/C(c3c(O)[nH]c4ccc(Cl)cc34)=Nc3ccccc32)CC1. The number of fused-ring (bicyclic) bond motifs is 2. The molecule has 3 aromatic rings. The van der Waals surface area contributed by atoms with Gasteiger partial charge < -0.3 is 24.7 Å². The summed E-state index contributed by atoms with van der Waals surface area (Å²) in [7, 11) is 2.04. The quantitative estimate of drug-likeness (QED) is 0.596. The number of carbonyl (C=O) groups is 1. The average Bonchev–Trinajstić information content (AvgIpc) is 3.30. The number of halogens is 1. The number of aliphatic imine (C=N–C) groups is 1. The topological polar surface area (TPSA) is 93.5 Å². The van der Waals surface area contributed by atoms with Crippen LogP contribution < -0.4 is 0 Å². The fourth-order valence-electron chi connectivity index (χ4n) is 4.03. The number of hydrogen-bond acceptors (Lipinski definition) is 6. The number of carbonyl (C=O) groups excluding carboxylic acids is 1. The zero-order valence-corrected chi connectivity index (χ0v) is 18.3. The van der Waals surface area contributed by atoms with Crippen molar-refractivity contribution >= 4 is 45.5 Å². The molecule has 3 heterocycles. The number of benzene rings is 2. The molecule has 32 heavy (non-hydrogen) atoms. The predicted molar refractivity (Wildman–Crippen MR) is 124 cm³/mol. The lowest BCUT2D eigenvalue weighted by Gasteiger charge is -2.32. The number of nitrogens with zero attached hydrogens (tertiary/aromatic N) is 4. The van der Waals surface area contributed by atoms with Crippen LogP contribution in [0.25, 0.3) is 10.9 Å². The summed E-state index contributed by atoms with van der Waals surface area (Å²) < 4.78 is 0. The number of oxime groups is 1. The third kappa shape index (κ3) is 3.72. The minimum Gasteiger partial charge on any atom is -0.494 e. The fourth-order valence-corrected chi connectivity index (χ4v) is 4.20. The van der Waals surface area contributed by atoms with Crippen LogP contribution in [0.15, 0.2) is 52.6 Å². The number of amides is 1. The molecule has 1 aromatic heterocycles. The highest BCUT2D eigenvalue weighted by Crippen LogP contribution is 2.36. The van der Waals surface area contributed by atoms with Gasteiger partial charge in [-0.15, -0.1) is 0 Å². The van der Waals surface area contributed by atoms with Crippen molar-refractivity contribution in [1.29, 1.82) is 0 Å². The van der Waals surface area contributed by atoms with Crippen LogP contribution in [-0.2, 0) is 9.63 Å². The second-order valence-electron chi connectivity index (χ2n) is 7.91. The van der Waals surface area contributed by atoms with E-state index < -0.39 is 0 Å². The van der Waals surface area contributed by atoms with Gasteiger partial charge in [0.2, 0.25) is 0 Å². The Bertz CT molecular complexity index is 1260. The van der Waals surface area contributed by atoms with Gasteiger partial charge in [0.05, 0.1) is 11.3 Å². The van der Waals surface area contributed by atoms with Crippen LogP contribution in [0.4, 0.5) is 5.69 Å². The first kappa shape index (κ1) is 20.5. The normalized spacial score (nSPS) is 17.6. The molecular formula is C23H22ClN5O3. The summed E-state index contributed by atoms with van der Waals surface area (Å²) in [5, 5.41) is 16.2. The van der Waals surface area contributed by atoms with Gasteiger partial charge in [0, 0.05) is 47.7 Å². The van der Waals surface area contributed by atoms with Crippen molar-refractivity contribution in [2.45, 2.75) is 0 Å². The van der Waals surface area contributed by atoms with E-state index in [0.29, 0.717) is 40.8 Å². The molecule has 0 radical (unpaired) electrons. The van der Waals surface area contributed by atoms with Crippen LogP contribution in [0, 0.1) is 0 Å². The van der Waals surface area contributed by atoms with Crippen molar-refractivity contribution in [3.63, 3.8) is 0 Å². The van der Waals surface area contributed by atoms with Gasteiger partial charge in [0.25, 0.3) is 5.91 Å². The molecule has 2 N–H and O–H groups in total. The van der Waals surface area contributed by atoms with E-state index in [1.807, 2.05) is 31.3 Å². The lowest BCUT2D eigenvalue weighted by atomic mass is 10.0. The highest BCUT2D eigenvalue weighted by atomic mass is 35.5. The smallest absolute Gasteiger partial charge is 0.263 e. The van der Waals surface area contributed by atoms with E-state index in [4.69, 9.17) is 21.4 Å². The molecule has 1 fully saturated rings. The molecule has 0 saturated carbocycles. The Morgan fingerprint density at radius 2 is 2.00 bits per heavy atom. The second-order valence-corrected chi connectivity index (χ2v) is 8.35. The Kier molecular flexibility index (Phi) is 5.32. The monoisotopic (exact) mass is 451 g/mol. The Hall–Kier alpha value is -3.36. The maximum absolute atomic E-state index is 12.5. The fraction of sp³-hybridized carbons (Fsp3) is 0.261. The molecule has 8 nitrogen and oxygen atoms in total. The molecule has 2 aliphatic rings. The van der Waals surface area contributed by atoms with Gasteiger partial charge in [0.1, 0.15) is 11.4 Å². The minimum absolute atomic E-state index is 0.0324. The zero-order valence-electron chi connectivity index (χ0n) is 17.5. The molecule has 5 rings (SSSR count). The molecule has 164 valence electrons. The molecule has 2 aromatic carbocycles. The summed E-state index contributed by atoms with van der Waals surface area (Å²) in [6.45, 7) is 2.87. The standard InChI is InChI=1S/C23H22ClN5O3/c1-28-8-10-29(11-9-28)19(30)13-32-27-21-15-4-2-3-5-17(15)25-22(21)20-16-12-14(24)6-7-18(16)26-23(20)31/h2-7,12,26,31H,8-11,13H2,1H3/b27-21+. The molecular weight excluding hydrogens is 430 g/mol. The van der Waals surface area contributed by atoms with Crippen molar-refractivity contribution in [1.82, 2.24) is 14.8 Å². The zero-order chi connectivity index (χ0) is 22.2. The van der Waals surface area contributed by atoms with Crippen molar-refractivity contribution in [2.24, 2.45) is 10.1 Å². The first-order chi connectivity index (χ1) is 15.5. The molecule has 0 spiro atoms. The summed E-state index contributed by atoms with van der Waals surface area (Å²) >= 11 is 6.20. The summed E-state index contributed by atoms with van der Waals surface area (Å²) in [5.41, 5.74) is 3.63. The predicted octanol–water partition coefficient (Wildman–Crippen LogP) is 3.16. The third-order valence-electron chi connectivity index (χ3n) is 5.79. The molecule has 9 heteroatoms. The van der Waals surface area contributed by atoms with E-state index in [1.54, 1.807) is 23.1 Å². The van der Waals surface area contributed by atoms with Crippen LogP contribution in [0.2, 0.25) is 5.02 Å². The summed E-state index contributed by atoms with van der Waals surface area (Å²) in [4.78, 5) is 29.6. The van der Waals surface area contributed by atoms with Gasteiger partial charge in [-0.3, -0.25) is 4.79 Å². The Morgan fingerprint density at radius 3 is 2.81 bits per heavy atom. The first-order valence-corrected chi connectivity index (χ1v) is 10.7. The number of aromatic nitrogens is 1. The van der Waals surface area contributed by atoms with Crippen LogP contribution >= 0.6 is 11.6 Å². The van der Waals surface area contributed by atoms with Gasteiger partial charge in [0.15, 0.2) is 12.5 Å². The largest absolute Gasteiger partial charge is 0.494 e. The number of para-hydroxylation sites is 1. The average molecular weight is 452 g/mol. The number of nitrogens with one attached hydrogen (secondary N) is 1. The number of H-pyrrole nitrogens is 1. The summed E-state index contributed by atoms with van der Waals surface area (Å²) in [5.74, 6) is -0.135. The van der Waals surface area contributed by atoms with Gasteiger partial charge >= 0.3 is 0 Å². The highest BCUT2D eigenvalue weighted by molar-refractivity contribution is 6.58. The number of aromatic amines is 1. The lowest BCUT2D eigenvalue weighted by molar-refractivity contribution is -0.137. The van der Waals surface area contributed by atoms with Gasteiger partial charge in [-0.1, -0.05) is 35.0 Å². The van der Waals surface area contributed by atoms with Crippen LogP contribution in [-0.4, -0.2) is 77.1 Å². The Balaban J connectivity index is 1.45. The second kappa shape index (κ2) is 8.29. The highest BCUT2D eigenvalue weighted by Gasteiger charge is 2.29. The molecule has 1 amide bonds. The van der Waals surface area contributed by atoms with E-state index in [1.165, 1.54) is 0 Å². The maximum Gasteiger partial charge on any atom is 0.263 e. The van der Waals surface area contributed by atoms with E-state index in [0.717, 1.165) is 29.6 Å². The molecule has 2 aliphatic heterocycles. The molecule has 0 unspecified atom stereocenters. The first-order valence-electron chi connectivity index (χ1n) is 10.4. The molecule has 0 aliphatic carbocycles. The molecule has 0 atom stereocenters. The number of likely N-dealkylation sites (N-methyl/N-ethyl adjacent to an activating group) is 1. The van der Waals surface area contributed by atoms with Crippen molar-refractivity contribution in [2.75, 3.05) is 39.8 Å².